The zero-order chi connectivity index (χ0) is 21.3. The van der Waals surface area contributed by atoms with Crippen molar-refractivity contribution >= 4 is 38.4 Å². The Kier molecular flexibility index (Phi) is 6.00. The molecule has 0 bridgehead atoms. The lowest BCUT2D eigenvalue weighted by molar-refractivity contribution is -0.127. The predicted octanol–water partition coefficient (Wildman–Crippen LogP) is 6.53. The third-order valence-corrected chi connectivity index (χ3v) is 6.38. The number of furan rings is 1. The van der Waals surface area contributed by atoms with Crippen LogP contribution in [0.1, 0.15) is 32.3 Å². The van der Waals surface area contributed by atoms with Crippen molar-refractivity contribution in [3.05, 3.63) is 58.8 Å². The van der Waals surface area contributed by atoms with Crippen LogP contribution in [0.25, 0.3) is 27.7 Å². The topological polar surface area (TPSA) is 42.7 Å². The first-order chi connectivity index (χ1) is 14.5. The first-order valence-electron chi connectivity index (χ1n) is 10.3. The number of allylic oxidation sites excluding steroid dienone is 1. The van der Waals surface area contributed by atoms with Crippen LogP contribution in [0.15, 0.2) is 57.6 Å². The number of nitrogens with zero attached hydrogens (tertiary/aromatic N) is 1. The summed E-state index contributed by atoms with van der Waals surface area (Å²) in [5.41, 5.74) is 4.63. The number of benzene rings is 2. The van der Waals surface area contributed by atoms with Crippen molar-refractivity contribution in [3.8, 4) is 16.9 Å². The number of halogens is 1. The second-order valence-electron chi connectivity index (χ2n) is 8.04. The molecule has 0 atom stereocenters. The highest BCUT2D eigenvalue weighted by atomic mass is 79.9. The second kappa shape index (κ2) is 8.68. The van der Waals surface area contributed by atoms with Crippen LogP contribution in [-0.4, -0.2) is 31.0 Å². The molecule has 0 unspecified atom stereocenters. The summed E-state index contributed by atoms with van der Waals surface area (Å²) >= 11 is 3.54. The van der Waals surface area contributed by atoms with E-state index in [1.165, 1.54) is 0 Å². The first kappa shape index (κ1) is 20.7. The number of hydrogen-bond acceptors (Lipinski definition) is 3. The van der Waals surface area contributed by atoms with Gasteiger partial charge in [0.15, 0.2) is 0 Å². The van der Waals surface area contributed by atoms with Gasteiger partial charge in [-0.15, -0.1) is 0 Å². The Morgan fingerprint density at radius 1 is 1.23 bits per heavy atom. The van der Waals surface area contributed by atoms with Crippen molar-refractivity contribution in [1.82, 2.24) is 4.90 Å². The molecule has 4 rings (SSSR count). The Bertz CT molecular complexity index is 1110. The summed E-state index contributed by atoms with van der Waals surface area (Å²) in [5.74, 6) is 1.46. The molecular formula is C25H26BrNO3. The van der Waals surface area contributed by atoms with Crippen molar-refractivity contribution in [2.45, 2.75) is 26.7 Å². The number of piperidine rings is 1. The number of hydrogen-bond donors (Lipinski definition) is 0. The minimum absolute atomic E-state index is 0.0703. The Balaban J connectivity index is 1.72. The summed E-state index contributed by atoms with van der Waals surface area (Å²) in [6.07, 6.45) is 5.64. The van der Waals surface area contributed by atoms with Crippen LogP contribution < -0.4 is 4.74 Å². The molecule has 1 aliphatic heterocycles. The van der Waals surface area contributed by atoms with Gasteiger partial charge in [0.05, 0.1) is 13.4 Å². The van der Waals surface area contributed by atoms with Crippen LogP contribution >= 0.6 is 15.9 Å². The maximum absolute atomic E-state index is 12.8. The minimum Gasteiger partial charge on any atom is -0.496 e. The Labute approximate surface area is 185 Å². The second-order valence-corrected chi connectivity index (χ2v) is 8.96. The van der Waals surface area contributed by atoms with Gasteiger partial charge in [-0.25, -0.2) is 0 Å². The van der Waals surface area contributed by atoms with E-state index in [0.29, 0.717) is 11.7 Å². The van der Waals surface area contributed by atoms with Gasteiger partial charge in [-0.1, -0.05) is 35.0 Å². The van der Waals surface area contributed by atoms with E-state index >= 15 is 0 Å². The minimum atomic E-state index is 0.0703. The number of ether oxygens (including phenoxy) is 1. The number of fused-ring (bicyclic) bond motifs is 1. The molecule has 0 saturated carbocycles. The van der Waals surface area contributed by atoms with E-state index in [0.717, 1.165) is 63.6 Å². The Morgan fingerprint density at radius 2 is 2.00 bits per heavy atom. The summed E-state index contributed by atoms with van der Waals surface area (Å²) < 4.78 is 12.4. The van der Waals surface area contributed by atoms with Gasteiger partial charge in [0.1, 0.15) is 11.3 Å². The summed E-state index contributed by atoms with van der Waals surface area (Å²) in [6.45, 7) is 5.87. The molecule has 30 heavy (non-hydrogen) atoms. The largest absolute Gasteiger partial charge is 0.496 e. The molecule has 3 aromatic rings. The maximum atomic E-state index is 12.8. The zero-order valence-electron chi connectivity index (χ0n) is 17.6. The van der Waals surface area contributed by atoms with Crippen LogP contribution in [0.5, 0.6) is 5.75 Å². The molecule has 1 aliphatic rings. The maximum Gasteiger partial charge on any atom is 0.246 e. The number of carbonyl (C=O) groups excluding carboxylic acids is 1. The molecule has 1 fully saturated rings. The van der Waals surface area contributed by atoms with E-state index in [4.69, 9.17) is 9.15 Å². The number of amides is 1. The van der Waals surface area contributed by atoms with Gasteiger partial charge in [-0.05, 0) is 55.0 Å². The van der Waals surface area contributed by atoms with E-state index in [9.17, 15) is 4.79 Å². The van der Waals surface area contributed by atoms with Crippen molar-refractivity contribution in [2.75, 3.05) is 20.2 Å². The van der Waals surface area contributed by atoms with Crippen LogP contribution in [0.4, 0.5) is 0 Å². The van der Waals surface area contributed by atoms with Gasteiger partial charge in [-0.2, -0.15) is 0 Å². The summed E-state index contributed by atoms with van der Waals surface area (Å²) in [6, 6.07) is 12.1. The molecule has 1 aromatic heterocycles. The van der Waals surface area contributed by atoms with Gasteiger partial charge in [0.2, 0.25) is 5.91 Å². The zero-order valence-corrected chi connectivity index (χ0v) is 19.2. The van der Waals surface area contributed by atoms with Gasteiger partial charge < -0.3 is 14.1 Å². The molecule has 1 amide bonds. The van der Waals surface area contributed by atoms with Crippen LogP contribution in [-0.2, 0) is 4.79 Å². The van der Waals surface area contributed by atoms with Crippen molar-refractivity contribution < 1.29 is 13.9 Å². The molecule has 0 N–H and O–H groups in total. The normalized spacial score (nSPS) is 15.6. The monoisotopic (exact) mass is 467 g/mol. The highest BCUT2D eigenvalue weighted by Crippen LogP contribution is 2.38. The first-order valence-corrected chi connectivity index (χ1v) is 11.1. The molecule has 156 valence electrons. The highest BCUT2D eigenvalue weighted by Gasteiger charge is 2.20. The van der Waals surface area contributed by atoms with E-state index in [2.05, 4.69) is 41.1 Å². The lowest BCUT2D eigenvalue weighted by atomic mass is 9.98. The smallest absolute Gasteiger partial charge is 0.246 e. The number of likely N-dealkylation sites (tertiary alicyclic amines) is 1. The SMILES string of the molecule is COc1cc2occ(-c3cccc(Br)c3)c2cc1/C(C)=C/C(=O)N1CCC(C)CC1. The molecule has 5 heteroatoms. The van der Waals surface area contributed by atoms with Crippen LogP contribution in [0, 0.1) is 5.92 Å². The molecule has 4 nitrogen and oxygen atoms in total. The number of methoxy groups -OCH3 is 1. The number of rotatable bonds is 4. The van der Waals surface area contributed by atoms with Crippen LogP contribution in [0.2, 0.25) is 0 Å². The molecule has 0 radical (unpaired) electrons. The van der Waals surface area contributed by atoms with Gasteiger partial charge in [0.25, 0.3) is 0 Å². The predicted molar refractivity (Wildman–Crippen MR) is 125 cm³/mol. The van der Waals surface area contributed by atoms with E-state index in [1.807, 2.05) is 30.0 Å². The summed E-state index contributed by atoms with van der Waals surface area (Å²) in [5, 5.41) is 0.996. The Morgan fingerprint density at radius 3 is 2.70 bits per heavy atom. The standard InChI is InChI=1S/C25H26BrNO3/c1-16-7-9-27(10-8-16)25(28)11-17(2)20-13-21-22(18-5-4-6-19(26)12-18)15-30-24(21)14-23(20)29-3/h4-6,11-16H,7-10H2,1-3H3/b17-11+. The molecule has 0 aliphatic carbocycles. The van der Waals surface area contributed by atoms with E-state index in [-0.39, 0.29) is 5.91 Å². The van der Waals surface area contributed by atoms with Gasteiger partial charge >= 0.3 is 0 Å². The number of carbonyl (C=O) groups is 1. The van der Waals surface area contributed by atoms with Crippen molar-refractivity contribution in [1.29, 1.82) is 0 Å². The average molecular weight is 468 g/mol. The molecule has 0 spiro atoms. The fraction of sp³-hybridized carbons (Fsp3) is 0.320. The van der Waals surface area contributed by atoms with Gasteiger partial charge in [0, 0.05) is 46.2 Å². The molecule has 2 aromatic carbocycles. The van der Waals surface area contributed by atoms with E-state index < -0.39 is 0 Å². The third-order valence-electron chi connectivity index (χ3n) is 5.89. The molecule has 1 saturated heterocycles. The van der Waals surface area contributed by atoms with Crippen molar-refractivity contribution in [2.24, 2.45) is 5.92 Å². The van der Waals surface area contributed by atoms with E-state index in [1.54, 1.807) is 19.4 Å². The van der Waals surface area contributed by atoms with Gasteiger partial charge in [-0.3, -0.25) is 4.79 Å². The lowest BCUT2D eigenvalue weighted by Gasteiger charge is -2.29. The third kappa shape index (κ3) is 4.17. The fourth-order valence-corrected chi connectivity index (χ4v) is 4.39. The quantitative estimate of drug-likeness (QED) is 0.409. The Hall–Kier alpha value is -2.53. The molecular weight excluding hydrogens is 442 g/mol. The highest BCUT2D eigenvalue weighted by molar-refractivity contribution is 9.10. The molecule has 2 heterocycles. The van der Waals surface area contributed by atoms with Crippen LogP contribution in [0.3, 0.4) is 0 Å². The average Bonchev–Trinajstić information content (AvgIpc) is 3.16. The fourth-order valence-electron chi connectivity index (χ4n) is 3.99. The lowest BCUT2D eigenvalue weighted by Crippen LogP contribution is -2.36. The summed E-state index contributed by atoms with van der Waals surface area (Å²) in [7, 11) is 1.64. The summed E-state index contributed by atoms with van der Waals surface area (Å²) in [4.78, 5) is 14.8. The van der Waals surface area contributed by atoms with Crippen molar-refractivity contribution in [3.63, 3.8) is 0 Å².